The van der Waals surface area contributed by atoms with Gasteiger partial charge in [-0.3, -0.25) is 9.59 Å². The molecule has 4 nitrogen and oxygen atoms in total. The third-order valence-corrected chi connectivity index (χ3v) is 5.63. The first-order chi connectivity index (χ1) is 14.5. The molecule has 0 saturated carbocycles. The van der Waals surface area contributed by atoms with E-state index in [2.05, 4.69) is 42.5 Å². The molecular formula is C24H16Br2N2O2. The molecule has 6 heteroatoms. The number of rotatable bonds is 4. The number of carbonyl (C=O) groups excluding carboxylic acids is 2. The molecule has 0 aromatic heterocycles. The molecule has 4 aromatic rings. The monoisotopic (exact) mass is 522 g/mol. The van der Waals surface area contributed by atoms with Crippen LogP contribution in [0.4, 0.5) is 11.4 Å². The first kappa shape index (κ1) is 20.3. The highest BCUT2D eigenvalue weighted by Gasteiger charge is 2.10. The van der Waals surface area contributed by atoms with E-state index in [0.29, 0.717) is 11.1 Å². The molecule has 0 aliphatic rings. The van der Waals surface area contributed by atoms with Gasteiger partial charge in [0.25, 0.3) is 11.8 Å². The van der Waals surface area contributed by atoms with Crippen LogP contribution >= 0.6 is 31.9 Å². The SMILES string of the molecule is O=C(Nc1ccc(Br)cc1)c1ccc2cc(C(=O)Nc3ccc(Br)cc3)ccc2c1. The van der Waals surface area contributed by atoms with Gasteiger partial charge in [0, 0.05) is 31.4 Å². The van der Waals surface area contributed by atoms with Crippen LogP contribution in [0.15, 0.2) is 93.9 Å². The van der Waals surface area contributed by atoms with Crippen LogP contribution in [0, 0.1) is 0 Å². The van der Waals surface area contributed by atoms with Crippen molar-refractivity contribution in [1.29, 1.82) is 0 Å². The summed E-state index contributed by atoms with van der Waals surface area (Å²) in [6, 6.07) is 25.7. The van der Waals surface area contributed by atoms with Crippen LogP contribution in [-0.2, 0) is 0 Å². The molecule has 0 heterocycles. The lowest BCUT2D eigenvalue weighted by atomic mass is 10.0. The summed E-state index contributed by atoms with van der Waals surface area (Å²) in [5.41, 5.74) is 2.56. The van der Waals surface area contributed by atoms with E-state index in [1.807, 2.05) is 72.8 Å². The first-order valence-corrected chi connectivity index (χ1v) is 10.7. The number of hydrogen-bond donors (Lipinski definition) is 2. The van der Waals surface area contributed by atoms with E-state index in [1.54, 1.807) is 12.1 Å². The van der Waals surface area contributed by atoms with Crippen molar-refractivity contribution in [3.05, 3.63) is 105 Å². The Balaban J connectivity index is 1.51. The Morgan fingerprint density at radius 1 is 0.533 bits per heavy atom. The summed E-state index contributed by atoms with van der Waals surface area (Å²) in [5.74, 6) is -0.368. The minimum absolute atomic E-state index is 0.184. The smallest absolute Gasteiger partial charge is 0.255 e. The van der Waals surface area contributed by atoms with E-state index >= 15 is 0 Å². The molecule has 0 atom stereocenters. The lowest BCUT2D eigenvalue weighted by molar-refractivity contribution is 0.101. The van der Waals surface area contributed by atoms with Crippen molar-refractivity contribution in [2.75, 3.05) is 10.6 Å². The Hall–Kier alpha value is -2.96. The molecule has 0 radical (unpaired) electrons. The number of halogens is 2. The van der Waals surface area contributed by atoms with Crippen molar-refractivity contribution in [2.24, 2.45) is 0 Å². The highest BCUT2D eigenvalue weighted by atomic mass is 79.9. The number of anilines is 2. The fourth-order valence-electron chi connectivity index (χ4n) is 3.00. The average molecular weight is 524 g/mol. The van der Waals surface area contributed by atoms with Gasteiger partial charge in [-0.25, -0.2) is 0 Å². The third-order valence-electron chi connectivity index (χ3n) is 4.57. The van der Waals surface area contributed by atoms with E-state index in [1.165, 1.54) is 0 Å². The maximum atomic E-state index is 12.6. The van der Waals surface area contributed by atoms with Gasteiger partial charge in [0.2, 0.25) is 0 Å². The normalized spacial score (nSPS) is 10.6. The Kier molecular flexibility index (Phi) is 5.97. The zero-order valence-electron chi connectivity index (χ0n) is 15.7. The number of benzene rings is 4. The van der Waals surface area contributed by atoms with Crippen LogP contribution in [-0.4, -0.2) is 11.8 Å². The molecule has 0 bridgehead atoms. The summed E-state index contributed by atoms with van der Waals surface area (Å²) < 4.78 is 1.90. The lowest BCUT2D eigenvalue weighted by Gasteiger charge is -2.09. The largest absolute Gasteiger partial charge is 0.322 e. The Morgan fingerprint density at radius 3 is 1.27 bits per heavy atom. The second kappa shape index (κ2) is 8.81. The lowest BCUT2D eigenvalue weighted by Crippen LogP contribution is -2.12. The second-order valence-electron chi connectivity index (χ2n) is 6.70. The molecule has 4 aromatic carbocycles. The maximum Gasteiger partial charge on any atom is 0.255 e. The average Bonchev–Trinajstić information content (AvgIpc) is 2.76. The van der Waals surface area contributed by atoms with Crippen molar-refractivity contribution in [2.45, 2.75) is 0 Å². The van der Waals surface area contributed by atoms with Crippen molar-refractivity contribution in [3.8, 4) is 0 Å². The Labute approximate surface area is 190 Å². The maximum absolute atomic E-state index is 12.6. The van der Waals surface area contributed by atoms with Crippen LogP contribution in [0.5, 0.6) is 0 Å². The summed E-state index contributed by atoms with van der Waals surface area (Å²) in [7, 11) is 0. The van der Waals surface area contributed by atoms with Crippen LogP contribution in [0.3, 0.4) is 0 Å². The highest BCUT2D eigenvalue weighted by molar-refractivity contribution is 9.10. The summed E-state index contributed by atoms with van der Waals surface area (Å²) in [4.78, 5) is 25.1. The van der Waals surface area contributed by atoms with E-state index < -0.39 is 0 Å². The Bertz CT molecular complexity index is 1140. The van der Waals surface area contributed by atoms with Crippen LogP contribution in [0.25, 0.3) is 10.8 Å². The number of nitrogens with one attached hydrogen (secondary N) is 2. The van der Waals surface area contributed by atoms with E-state index in [-0.39, 0.29) is 11.8 Å². The van der Waals surface area contributed by atoms with Gasteiger partial charge in [-0.05, 0) is 83.6 Å². The first-order valence-electron chi connectivity index (χ1n) is 9.16. The van der Waals surface area contributed by atoms with Gasteiger partial charge in [0.05, 0.1) is 0 Å². The fourth-order valence-corrected chi connectivity index (χ4v) is 3.53. The number of carbonyl (C=O) groups is 2. The molecule has 0 fully saturated rings. The molecular weight excluding hydrogens is 508 g/mol. The molecule has 4 rings (SSSR count). The van der Waals surface area contributed by atoms with Crippen molar-refractivity contribution in [3.63, 3.8) is 0 Å². The zero-order valence-corrected chi connectivity index (χ0v) is 18.8. The van der Waals surface area contributed by atoms with Crippen LogP contribution < -0.4 is 10.6 Å². The quantitative estimate of drug-likeness (QED) is 0.306. The molecule has 0 spiro atoms. The minimum Gasteiger partial charge on any atom is -0.322 e. The van der Waals surface area contributed by atoms with Crippen molar-refractivity contribution >= 4 is 65.8 Å². The second-order valence-corrected chi connectivity index (χ2v) is 8.53. The number of hydrogen-bond acceptors (Lipinski definition) is 2. The van der Waals surface area contributed by atoms with Gasteiger partial charge in [-0.1, -0.05) is 44.0 Å². The molecule has 0 saturated heterocycles. The summed E-state index contributed by atoms with van der Waals surface area (Å²) in [6.07, 6.45) is 0. The van der Waals surface area contributed by atoms with Gasteiger partial charge in [0.15, 0.2) is 0 Å². The van der Waals surface area contributed by atoms with Gasteiger partial charge in [-0.15, -0.1) is 0 Å². The molecule has 0 aliphatic carbocycles. The highest BCUT2D eigenvalue weighted by Crippen LogP contribution is 2.21. The van der Waals surface area contributed by atoms with Gasteiger partial charge in [0.1, 0.15) is 0 Å². The van der Waals surface area contributed by atoms with Gasteiger partial charge < -0.3 is 10.6 Å². The standard InChI is InChI=1S/C24H16Br2N2O2/c25-19-5-9-21(10-6-19)27-23(29)17-3-1-15-13-18(4-2-16(15)14-17)24(30)28-22-11-7-20(26)8-12-22/h1-14H,(H,27,29)(H,28,30). The molecule has 2 N–H and O–H groups in total. The predicted molar refractivity (Wildman–Crippen MR) is 128 cm³/mol. The van der Waals surface area contributed by atoms with E-state index in [9.17, 15) is 9.59 Å². The minimum atomic E-state index is -0.184. The summed E-state index contributed by atoms with van der Waals surface area (Å²) >= 11 is 6.76. The molecule has 148 valence electrons. The molecule has 2 amide bonds. The number of fused-ring (bicyclic) bond motifs is 1. The molecule has 0 unspecified atom stereocenters. The van der Waals surface area contributed by atoms with Crippen molar-refractivity contribution in [1.82, 2.24) is 0 Å². The fraction of sp³-hybridized carbons (Fsp3) is 0. The predicted octanol–water partition coefficient (Wildman–Crippen LogP) is 6.87. The van der Waals surface area contributed by atoms with Crippen LogP contribution in [0.1, 0.15) is 20.7 Å². The Morgan fingerprint density at radius 2 is 0.900 bits per heavy atom. The molecule has 30 heavy (non-hydrogen) atoms. The van der Waals surface area contributed by atoms with Gasteiger partial charge in [-0.2, -0.15) is 0 Å². The molecule has 0 aliphatic heterocycles. The summed E-state index contributed by atoms with van der Waals surface area (Å²) in [6.45, 7) is 0. The van der Waals surface area contributed by atoms with E-state index in [0.717, 1.165) is 31.1 Å². The topological polar surface area (TPSA) is 58.2 Å². The number of amides is 2. The van der Waals surface area contributed by atoms with Crippen molar-refractivity contribution < 1.29 is 9.59 Å². The summed E-state index contributed by atoms with van der Waals surface area (Å²) in [5, 5.41) is 7.54. The van der Waals surface area contributed by atoms with E-state index in [4.69, 9.17) is 0 Å². The van der Waals surface area contributed by atoms with Crippen LogP contribution in [0.2, 0.25) is 0 Å². The third kappa shape index (κ3) is 4.78. The van der Waals surface area contributed by atoms with Gasteiger partial charge >= 0.3 is 0 Å². The zero-order chi connectivity index (χ0) is 21.1.